The third-order valence-electron chi connectivity index (χ3n) is 6.07. The smallest absolute Gasteiger partial charge is 0.416 e. The predicted molar refractivity (Wildman–Crippen MR) is 182 cm³/mol. The molecule has 0 aromatic heterocycles. The van der Waals surface area contributed by atoms with Crippen LogP contribution in [0.15, 0.2) is 148 Å². The Morgan fingerprint density at radius 2 is 0.659 bits per heavy atom. The molecule has 0 heterocycles. The first-order valence-corrected chi connectivity index (χ1v) is 20.3. The molecular formula is C32H34O8P4. The van der Waals surface area contributed by atoms with E-state index in [-0.39, 0.29) is 35.3 Å². The van der Waals surface area contributed by atoms with Gasteiger partial charge in [-0.15, -0.1) is 13.2 Å². The van der Waals surface area contributed by atoms with E-state index in [0.717, 1.165) is 0 Å². The van der Waals surface area contributed by atoms with Crippen LogP contribution in [0.4, 0.5) is 0 Å². The average molecular weight is 671 g/mol. The first-order chi connectivity index (χ1) is 20.9. The zero-order valence-corrected chi connectivity index (χ0v) is 27.7. The summed E-state index contributed by atoms with van der Waals surface area (Å²) in [5, 5.41) is 1.01. The summed E-state index contributed by atoms with van der Waals surface area (Å²) in [5.74, 6) is 6.28. The zero-order valence-electron chi connectivity index (χ0n) is 24.1. The lowest BCUT2D eigenvalue weighted by Gasteiger charge is -2.21. The molecule has 3 aromatic carbocycles. The minimum absolute atomic E-state index is 0.0962. The third-order valence-corrected chi connectivity index (χ3v) is 13.8. The second-order valence-electron chi connectivity index (χ2n) is 9.14. The largest absolute Gasteiger partial charge is 0.434 e. The van der Waals surface area contributed by atoms with Crippen molar-refractivity contribution >= 4 is 40.1 Å². The van der Waals surface area contributed by atoms with Crippen molar-refractivity contribution < 1.29 is 36.4 Å². The van der Waals surface area contributed by atoms with Gasteiger partial charge in [-0.05, 0) is 96.1 Å². The molecule has 0 aliphatic heterocycles. The number of allylic oxidation sites excluding steroid dienone is 2. The summed E-state index contributed by atoms with van der Waals surface area (Å²) in [4.78, 5) is 0. The second kappa shape index (κ2) is 14.8. The van der Waals surface area contributed by atoms with E-state index in [4.69, 9.17) is 18.1 Å². The molecule has 44 heavy (non-hydrogen) atoms. The molecule has 0 aliphatic rings. The van der Waals surface area contributed by atoms with Gasteiger partial charge < -0.3 is 27.2 Å². The average Bonchev–Trinajstić information content (AvgIpc) is 3.02. The Balaban J connectivity index is 1.74. The van der Waals surface area contributed by atoms with Gasteiger partial charge in [-0.3, -0.25) is 0 Å². The molecule has 12 heteroatoms. The highest BCUT2D eigenvalue weighted by Crippen LogP contribution is 2.52. The van der Waals surface area contributed by atoms with Crippen LogP contribution in [0, 0.1) is 0 Å². The van der Waals surface area contributed by atoms with Crippen LogP contribution in [0.2, 0.25) is 0 Å². The Morgan fingerprint density at radius 3 is 0.864 bits per heavy atom. The van der Waals surface area contributed by atoms with Gasteiger partial charge in [0.1, 0.15) is 23.0 Å². The van der Waals surface area contributed by atoms with E-state index in [9.17, 15) is 18.3 Å². The van der Waals surface area contributed by atoms with Gasteiger partial charge in [-0.25, -0.2) is 9.13 Å². The van der Waals surface area contributed by atoms with Crippen molar-refractivity contribution in [3.8, 4) is 23.0 Å². The van der Waals surface area contributed by atoms with Crippen LogP contribution in [0.3, 0.4) is 0 Å². The Hall–Kier alpha value is -3.78. The van der Waals surface area contributed by atoms with Crippen LogP contribution in [0.25, 0.3) is 0 Å². The minimum Gasteiger partial charge on any atom is -0.416 e. The van der Waals surface area contributed by atoms with Gasteiger partial charge in [0.2, 0.25) is 0 Å². The fourth-order valence-corrected chi connectivity index (χ4v) is 8.91. The van der Waals surface area contributed by atoms with E-state index in [0.29, 0.717) is 10.6 Å². The number of hydrogen-bond donors (Lipinski definition) is 0. The Morgan fingerprint density at radius 1 is 0.432 bits per heavy atom. The molecule has 0 N–H and O–H groups in total. The van der Waals surface area contributed by atoms with E-state index >= 15 is 0 Å². The highest BCUT2D eigenvalue weighted by molar-refractivity contribution is 7.77. The maximum absolute atomic E-state index is 13.5. The Bertz CT molecular complexity index is 1570. The third kappa shape index (κ3) is 8.65. The normalized spacial score (nSPS) is 14.0. The molecular weight excluding hydrogens is 636 g/mol. The van der Waals surface area contributed by atoms with Crippen molar-refractivity contribution in [3.05, 3.63) is 148 Å². The molecule has 3 aromatic rings. The van der Waals surface area contributed by atoms with E-state index in [1.54, 1.807) is 24.3 Å². The molecule has 0 spiro atoms. The highest BCUT2D eigenvalue weighted by atomic mass is 31.2. The molecule has 0 radical (unpaired) electrons. The SMILES string of the molecule is C=CCP(=O)(Oc1ccc(OP(=O)(CC=C)Oc2ccc(P(=O)(C=C)C=C)cc2)cc1)Oc1ccc(P(=O)(C=C)C=C)cc1. The zero-order chi connectivity index (χ0) is 32.4. The Labute approximate surface area is 258 Å². The molecule has 3 rings (SSSR count). The van der Waals surface area contributed by atoms with E-state index in [1.165, 1.54) is 84.0 Å². The summed E-state index contributed by atoms with van der Waals surface area (Å²) in [7, 11) is -13.4. The van der Waals surface area contributed by atoms with E-state index < -0.39 is 29.5 Å². The monoisotopic (exact) mass is 670 g/mol. The van der Waals surface area contributed by atoms with Gasteiger partial charge in [0.15, 0.2) is 14.3 Å². The van der Waals surface area contributed by atoms with E-state index in [2.05, 4.69) is 39.5 Å². The van der Waals surface area contributed by atoms with Crippen molar-refractivity contribution in [2.75, 3.05) is 12.3 Å². The van der Waals surface area contributed by atoms with Crippen LogP contribution in [0.5, 0.6) is 23.0 Å². The Kier molecular flexibility index (Phi) is 11.7. The van der Waals surface area contributed by atoms with Crippen LogP contribution >= 0.6 is 29.5 Å². The number of hydrogen-bond acceptors (Lipinski definition) is 8. The number of rotatable bonds is 18. The van der Waals surface area contributed by atoms with Gasteiger partial charge >= 0.3 is 15.2 Å². The van der Waals surface area contributed by atoms with Gasteiger partial charge in [-0.2, -0.15) is 0 Å². The molecule has 0 saturated carbocycles. The van der Waals surface area contributed by atoms with Gasteiger partial charge in [0.05, 0.1) is 12.3 Å². The lowest BCUT2D eigenvalue weighted by atomic mass is 10.3. The summed E-state index contributed by atoms with van der Waals surface area (Å²) in [6, 6.07) is 18.4. The summed E-state index contributed by atoms with van der Waals surface area (Å²) < 4.78 is 75.5. The first kappa shape index (κ1) is 34.7. The van der Waals surface area contributed by atoms with Crippen molar-refractivity contribution in [3.63, 3.8) is 0 Å². The fourth-order valence-electron chi connectivity index (χ4n) is 3.76. The second-order valence-corrected chi connectivity index (χ2v) is 18.4. The summed E-state index contributed by atoms with van der Waals surface area (Å²) in [5.41, 5.74) is 0. The molecule has 0 saturated heterocycles. The lowest BCUT2D eigenvalue weighted by molar-refractivity contribution is 0.384. The molecule has 8 nitrogen and oxygen atoms in total. The highest BCUT2D eigenvalue weighted by Gasteiger charge is 2.29. The number of benzene rings is 3. The molecule has 0 bridgehead atoms. The van der Waals surface area contributed by atoms with Gasteiger partial charge in [0, 0.05) is 10.6 Å². The van der Waals surface area contributed by atoms with Crippen LogP contribution in [-0.2, 0) is 18.3 Å². The lowest BCUT2D eigenvalue weighted by Crippen LogP contribution is -2.06. The van der Waals surface area contributed by atoms with Crippen LogP contribution in [0.1, 0.15) is 0 Å². The quantitative estimate of drug-likeness (QED) is 0.0973. The molecule has 2 atom stereocenters. The molecule has 0 aliphatic carbocycles. The van der Waals surface area contributed by atoms with Crippen LogP contribution < -0.4 is 28.7 Å². The molecule has 230 valence electrons. The standard InChI is InChI=1S/C32H34O8P4/c1-7-25-43(35,39-29-17-21-31(22-18-29)41(33,9-3)10-4)37-27-13-15-28(16-14-27)38-44(36,26-8-2)40-30-19-23-32(24-20-30)42(34,11-5)12-6/h7-24H,1-6,25-26H2. The molecule has 0 amide bonds. The van der Waals surface area contributed by atoms with Crippen molar-refractivity contribution in [2.24, 2.45) is 0 Å². The van der Waals surface area contributed by atoms with E-state index in [1.807, 2.05) is 0 Å². The maximum atomic E-state index is 13.5. The topological polar surface area (TPSA) is 105 Å². The van der Waals surface area contributed by atoms with Crippen molar-refractivity contribution in [1.29, 1.82) is 0 Å². The molecule has 2 unspecified atom stereocenters. The van der Waals surface area contributed by atoms with Crippen molar-refractivity contribution in [1.82, 2.24) is 0 Å². The summed E-state index contributed by atoms with van der Waals surface area (Å²) in [6.45, 7) is 21.7. The first-order valence-electron chi connectivity index (χ1n) is 13.1. The summed E-state index contributed by atoms with van der Waals surface area (Å²) in [6.07, 6.45) is 2.64. The predicted octanol–water partition coefficient (Wildman–Crippen LogP) is 9.91. The minimum atomic E-state index is -3.76. The summed E-state index contributed by atoms with van der Waals surface area (Å²) >= 11 is 0. The molecule has 0 fully saturated rings. The van der Waals surface area contributed by atoms with Crippen LogP contribution in [-0.4, -0.2) is 12.3 Å². The fraction of sp³-hybridized carbons (Fsp3) is 0.0625. The maximum Gasteiger partial charge on any atom is 0.434 e. The van der Waals surface area contributed by atoms with Gasteiger partial charge in [0.25, 0.3) is 0 Å². The van der Waals surface area contributed by atoms with Crippen molar-refractivity contribution in [2.45, 2.75) is 0 Å². The van der Waals surface area contributed by atoms with Gasteiger partial charge in [-0.1, -0.05) is 38.5 Å².